The molecule has 1 heterocycles. The molecule has 0 spiro atoms. The highest BCUT2D eigenvalue weighted by Crippen LogP contribution is 2.16. The summed E-state index contributed by atoms with van der Waals surface area (Å²) >= 11 is 9.29. The lowest BCUT2D eigenvalue weighted by Gasteiger charge is -2.07. The van der Waals surface area contributed by atoms with E-state index in [-0.39, 0.29) is 12.5 Å². The van der Waals surface area contributed by atoms with Crippen molar-refractivity contribution in [3.63, 3.8) is 0 Å². The molecule has 0 bridgehead atoms. The largest absolute Gasteiger partial charge is 0.468 e. The van der Waals surface area contributed by atoms with Gasteiger partial charge in [-0.25, -0.2) is 0 Å². The number of carbonyl (C=O) groups is 2. The third-order valence-electron chi connectivity index (χ3n) is 1.73. The summed E-state index contributed by atoms with van der Waals surface area (Å²) in [7, 11) is 1.25. The number of rotatable bonds is 4. The van der Waals surface area contributed by atoms with Gasteiger partial charge in [-0.1, -0.05) is 0 Å². The van der Waals surface area contributed by atoms with E-state index in [0.717, 1.165) is 2.88 Å². The molecule has 1 unspecified atom stereocenters. The van der Waals surface area contributed by atoms with Crippen LogP contribution in [-0.4, -0.2) is 30.9 Å². The van der Waals surface area contributed by atoms with Gasteiger partial charge in [-0.05, 0) is 28.7 Å². The molecule has 0 aliphatic heterocycles. The van der Waals surface area contributed by atoms with Crippen molar-refractivity contribution in [2.24, 2.45) is 0 Å². The SMILES string of the molecule is COC(=O)C(Cl)CNC(=O)c1csc(I)c1. The van der Waals surface area contributed by atoms with E-state index < -0.39 is 11.3 Å². The fourth-order valence-corrected chi connectivity index (χ4v) is 2.42. The Kier molecular flexibility index (Phi) is 5.50. The summed E-state index contributed by atoms with van der Waals surface area (Å²) in [5.74, 6) is -0.796. The highest BCUT2D eigenvalue weighted by atomic mass is 127. The van der Waals surface area contributed by atoms with Crippen molar-refractivity contribution in [3.05, 3.63) is 19.9 Å². The molecule has 0 saturated carbocycles. The topological polar surface area (TPSA) is 55.4 Å². The predicted octanol–water partition coefficient (Wildman–Crippen LogP) is 1.86. The average Bonchev–Trinajstić information content (AvgIpc) is 2.71. The van der Waals surface area contributed by atoms with E-state index in [1.807, 2.05) is 0 Å². The Bertz CT molecular complexity index is 396. The van der Waals surface area contributed by atoms with E-state index in [2.05, 4.69) is 32.6 Å². The first-order chi connectivity index (χ1) is 7.54. The molecule has 88 valence electrons. The van der Waals surface area contributed by atoms with E-state index in [9.17, 15) is 9.59 Å². The van der Waals surface area contributed by atoms with E-state index in [4.69, 9.17) is 11.6 Å². The fourth-order valence-electron chi connectivity index (χ4n) is 0.925. The van der Waals surface area contributed by atoms with E-state index >= 15 is 0 Å². The lowest BCUT2D eigenvalue weighted by atomic mass is 10.3. The maximum atomic E-state index is 11.6. The molecule has 1 aromatic heterocycles. The van der Waals surface area contributed by atoms with E-state index in [1.54, 1.807) is 11.4 Å². The molecule has 1 aromatic rings. The van der Waals surface area contributed by atoms with Crippen molar-refractivity contribution in [2.75, 3.05) is 13.7 Å². The quantitative estimate of drug-likeness (QED) is 0.498. The van der Waals surface area contributed by atoms with Crippen LogP contribution in [0, 0.1) is 2.88 Å². The van der Waals surface area contributed by atoms with Crippen LogP contribution in [0.15, 0.2) is 11.4 Å². The molecule has 1 rings (SSSR count). The van der Waals surface area contributed by atoms with Crippen LogP contribution in [0.2, 0.25) is 0 Å². The van der Waals surface area contributed by atoms with Gasteiger partial charge < -0.3 is 10.1 Å². The zero-order valence-electron chi connectivity index (χ0n) is 8.33. The zero-order valence-corrected chi connectivity index (χ0v) is 12.1. The Balaban J connectivity index is 2.44. The number of carbonyl (C=O) groups excluding carboxylic acids is 2. The van der Waals surface area contributed by atoms with Crippen molar-refractivity contribution < 1.29 is 14.3 Å². The number of methoxy groups -OCH3 is 1. The number of thiophene rings is 1. The normalized spacial score (nSPS) is 11.9. The minimum atomic E-state index is -0.855. The van der Waals surface area contributed by atoms with Gasteiger partial charge in [0.05, 0.1) is 15.6 Å². The second-order valence-electron chi connectivity index (χ2n) is 2.84. The highest BCUT2D eigenvalue weighted by molar-refractivity contribution is 14.1. The summed E-state index contributed by atoms with van der Waals surface area (Å²) in [6, 6.07) is 1.77. The number of nitrogens with one attached hydrogen (secondary N) is 1. The summed E-state index contributed by atoms with van der Waals surface area (Å²) in [6.07, 6.45) is 0. The van der Waals surface area contributed by atoms with Crippen LogP contribution in [0.4, 0.5) is 0 Å². The maximum Gasteiger partial charge on any atom is 0.325 e. The summed E-state index contributed by atoms with van der Waals surface area (Å²) < 4.78 is 5.46. The number of hydrogen-bond donors (Lipinski definition) is 1. The van der Waals surface area contributed by atoms with Crippen LogP contribution in [0.1, 0.15) is 10.4 Å². The molecule has 7 heteroatoms. The first kappa shape index (κ1) is 13.7. The molecule has 1 amide bonds. The lowest BCUT2D eigenvalue weighted by Crippen LogP contribution is -2.34. The Morgan fingerprint density at radius 1 is 1.69 bits per heavy atom. The number of hydrogen-bond acceptors (Lipinski definition) is 4. The van der Waals surface area contributed by atoms with E-state index in [0.29, 0.717) is 5.56 Å². The van der Waals surface area contributed by atoms with Gasteiger partial charge in [-0.15, -0.1) is 22.9 Å². The Morgan fingerprint density at radius 2 is 2.38 bits per heavy atom. The molecule has 0 fully saturated rings. The number of alkyl halides is 1. The van der Waals surface area contributed by atoms with Gasteiger partial charge in [-0.2, -0.15) is 0 Å². The molecule has 0 aliphatic carbocycles. The van der Waals surface area contributed by atoms with Crippen molar-refractivity contribution >= 4 is 57.4 Å². The zero-order chi connectivity index (χ0) is 12.1. The lowest BCUT2D eigenvalue weighted by molar-refractivity contribution is -0.140. The van der Waals surface area contributed by atoms with E-state index in [1.165, 1.54) is 18.4 Å². The second kappa shape index (κ2) is 6.41. The van der Waals surface area contributed by atoms with Crippen molar-refractivity contribution in [2.45, 2.75) is 5.38 Å². The van der Waals surface area contributed by atoms with Crippen molar-refractivity contribution in [1.82, 2.24) is 5.32 Å². The first-order valence-corrected chi connectivity index (χ1v) is 6.68. The van der Waals surface area contributed by atoms with Crippen LogP contribution in [-0.2, 0) is 9.53 Å². The smallest absolute Gasteiger partial charge is 0.325 e. The summed E-state index contributed by atoms with van der Waals surface area (Å²) in [5.41, 5.74) is 0.572. The van der Waals surface area contributed by atoms with Gasteiger partial charge in [0.2, 0.25) is 0 Å². The fraction of sp³-hybridized carbons (Fsp3) is 0.333. The third-order valence-corrected chi connectivity index (χ3v) is 3.85. The molecule has 0 radical (unpaired) electrons. The Labute approximate surface area is 115 Å². The van der Waals surface area contributed by atoms with Crippen LogP contribution in [0.5, 0.6) is 0 Å². The molecular formula is C9H9ClINO3S. The molecule has 4 nitrogen and oxygen atoms in total. The number of ether oxygens (including phenoxy) is 1. The maximum absolute atomic E-state index is 11.6. The highest BCUT2D eigenvalue weighted by Gasteiger charge is 2.17. The average molecular weight is 374 g/mol. The monoisotopic (exact) mass is 373 g/mol. The van der Waals surface area contributed by atoms with Crippen LogP contribution < -0.4 is 5.32 Å². The molecule has 1 atom stereocenters. The second-order valence-corrected chi connectivity index (χ2v) is 6.17. The number of halogens is 2. The summed E-state index contributed by atoms with van der Waals surface area (Å²) in [4.78, 5) is 22.5. The van der Waals surface area contributed by atoms with Crippen molar-refractivity contribution in [3.8, 4) is 0 Å². The van der Waals surface area contributed by atoms with Gasteiger partial charge in [0.1, 0.15) is 5.38 Å². The Morgan fingerprint density at radius 3 is 2.88 bits per heavy atom. The van der Waals surface area contributed by atoms with Gasteiger partial charge in [0, 0.05) is 11.9 Å². The van der Waals surface area contributed by atoms with Gasteiger partial charge >= 0.3 is 5.97 Å². The molecule has 0 aliphatic rings. The summed E-state index contributed by atoms with van der Waals surface area (Å²) in [6.45, 7) is 0.0550. The molecule has 16 heavy (non-hydrogen) atoms. The minimum absolute atomic E-state index is 0.0550. The van der Waals surface area contributed by atoms with Gasteiger partial charge in [0.25, 0.3) is 5.91 Å². The van der Waals surface area contributed by atoms with Crippen LogP contribution >= 0.6 is 45.5 Å². The van der Waals surface area contributed by atoms with Crippen LogP contribution in [0.25, 0.3) is 0 Å². The predicted molar refractivity (Wildman–Crippen MR) is 71.0 cm³/mol. The first-order valence-electron chi connectivity index (χ1n) is 4.28. The van der Waals surface area contributed by atoms with Gasteiger partial charge in [-0.3, -0.25) is 9.59 Å². The summed E-state index contributed by atoms with van der Waals surface area (Å²) in [5, 5.41) is 3.45. The number of amides is 1. The molecule has 1 N–H and O–H groups in total. The van der Waals surface area contributed by atoms with Crippen LogP contribution in [0.3, 0.4) is 0 Å². The Hall–Kier alpha value is -0.340. The standard InChI is InChI=1S/C9H9ClINO3S/c1-15-9(14)6(10)3-12-8(13)5-2-7(11)16-4-5/h2,4,6H,3H2,1H3,(H,12,13). The van der Waals surface area contributed by atoms with Gasteiger partial charge in [0.15, 0.2) is 0 Å². The number of esters is 1. The van der Waals surface area contributed by atoms with Crippen molar-refractivity contribution in [1.29, 1.82) is 0 Å². The molecule has 0 aromatic carbocycles. The third kappa shape index (κ3) is 3.91. The molecule has 0 saturated heterocycles. The minimum Gasteiger partial charge on any atom is -0.468 e. The molecular weight excluding hydrogens is 365 g/mol.